The molecule has 0 aliphatic carbocycles. The highest BCUT2D eigenvalue weighted by molar-refractivity contribution is 5.35. The number of hydrogen-bond acceptors (Lipinski definition) is 2. The summed E-state index contributed by atoms with van der Waals surface area (Å²) in [6, 6.07) is 4.90. The van der Waals surface area contributed by atoms with Crippen molar-refractivity contribution in [2.45, 2.75) is 18.9 Å². The molecule has 0 aromatic heterocycles. The molecular weight excluding hydrogens is 169 g/mol. The smallest absolute Gasteiger partial charge is 0.130 e. The average molecular weight is 181 g/mol. The third-order valence-electron chi connectivity index (χ3n) is 2.29. The first-order chi connectivity index (χ1) is 6.27. The summed E-state index contributed by atoms with van der Waals surface area (Å²) >= 11 is 0. The first-order valence-electron chi connectivity index (χ1n) is 4.43. The van der Waals surface area contributed by atoms with Gasteiger partial charge in [-0.05, 0) is 25.0 Å². The summed E-state index contributed by atoms with van der Waals surface area (Å²) in [5.74, 6) is 0.433. The van der Waals surface area contributed by atoms with Gasteiger partial charge in [0.15, 0.2) is 0 Å². The van der Waals surface area contributed by atoms with Crippen LogP contribution >= 0.6 is 0 Å². The number of fused-ring (bicyclic) bond motifs is 1. The Bertz CT molecular complexity index is 314. The van der Waals surface area contributed by atoms with E-state index in [-0.39, 0.29) is 11.9 Å². The molecule has 2 nitrogen and oxygen atoms in total. The molecule has 1 atom stereocenters. The molecule has 0 amide bonds. The van der Waals surface area contributed by atoms with E-state index in [9.17, 15) is 4.39 Å². The highest BCUT2D eigenvalue weighted by Crippen LogP contribution is 2.25. The average Bonchev–Trinajstić information content (AvgIpc) is 2.28. The number of hydrogen-bond donors (Lipinski definition) is 1. The lowest BCUT2D eigenvalue weighted by atomic mass is 10.0. The number of ether oxygens (including phenoxy) is 1. The highest BCUT2D eigenvalue weighted by atomic mass is 19.1. The molecule has 3 heteroatoms. The Hall–Kier alpha value is -1.09. The number of rotatable bonds is 0. The van der Waals surface area contributed by atoms with Crippen LogP contribution in [0.2, 0.25) is 0 Å². The van der Waals surface area contributed by atoms with Gasteiger partial charge >= 0.3 is 0 Å². The van der Waals surface area contributed by atoms with E-state index in [1.165, 1.54) is 6.07 Å². The van der Waals surface area contributed by atoms with E-state index < -0.39 is 0 Å². The molecule has 0 bridgehead atoms. The first-order valence-corrected chi connectivity index (χ1v) is 4.43. The van der Waals surface area contributed by atoms with Crippen molar-refractivity contribution in [1.29, 1.82) is 0 Å². The molecule has 1 heterocycles. The summed E-state index contributed by atoms with van der Waals surface area (Å²) in [6.45, 7) is 0.581. The highest BCUT2D eigenvalue weighted by Gasteiger charge is 2.17. The largest absolute Gasteiger partial charge is 0.493 e. The maximum absolute atomic E-state index is 13.3. The summed E-state index contributed by atoms with van der Waals surface area (Å²) in [4.78, 5) is 0. The van der Waals surface area contributed by atoms with Gasteiger partial charge in [0.1, 0.15) is 11.6 Å². The minimum absolute atomic E-state index is 0.0122. The first kappa shape index (κ1) is 8.51. The Morgan fingerprint density at radius 1 is 1.46 bits per heavy atom. The van der Waals surface area contributed by atoms with Crippen molar-refractivity contribution < 1.29 is 9.13 Å². The SMILES string of the molecule is NC1CCOc2cccc(F)c2C1. The molecule has 0 saturated carbocycles. The molecule has 1 unspecified atom stereocenters. The van der Waals surface area contributed by atoms with E-state index >= 15 is 0 Å². The lowest BCUT2D eigenvalue weighted by Crippen LogP contribution is -2.23. The topological polar surface area (TPSA) is 35.2 Å². The Kier molecular flexibility index (Phi) is 2.19. The fourth-order valence-electron chi connectivity index (χ4n) is 1.56. The molecular formula is C10H12FNO. The van der Waals surface area contributed by atoms with Crippen molar-refractivity contribution in [3.05, 3.63) is 29.6 Å². The fraction of sp³-hybridized carbons (Fsp3) is 0.400. The van der Waals surface area contributed by atoms with Crippen molar-refractivity contribution in [3.63, 3.8) is 0 Å². The van der Waals surface area contributed by atoms with Gasteiger partial charge in [0.25, 0.3) is 0 Å². The molecule has 13 heavy (non-hydrogen) atoms. The summed E-state index contributed by atoms with van der Waals surface area (Å²) in [6.07, 6.45) is 1.36. The molecule has 2 N–H and O–H groups in total. The van der Waals surface area contributed by atoms with Gasteiger partial charge in [-0.2, -0.15) is 0 Å². The lowest BCUT2D eigenvalue weighted by Gasteiger charge is -2.07. The van der Waals surface area contributed by atoms with Gasteiger partial charge in [0.05, 0.1) is 6.61 Å². The van der Waals surface area contributed by atoms with Crippen LogP contribution in [0, 0.1) is 5.82 Å². The molecule has 1 aliphatic rings. The lowest BCUT2D eigenvalue weighted by molar-refractivity contribution is 0.309. The van der Waals surface area contributed by atoms with Crippen LogP contribution in [-0.4, -0.2) is 12.6 Å². The molecule has 1 aromatic rings. The fourth-order valence-corrected chi connectivity index (χ4v) is 1.56. The molecule has 0 spiro atoms. The van der Waals surface area contributed by atoms with E-state index in [0.717, 1.165) is 6.42 Å². The van der Waals surface area contributed by atoms with E-state index in [0.29, 0.717) is 24.3 Å². The minimum Gasteiger partial charge on any atom is -0.493 e. The van der Waals surface area contributed by atoms with Crippen molar-refractivity contribution in [2.24, 2.45) is 5.73 Å². The Morgan fingerprint density at radius 3 is 3.15 bits per heavy atom. The van der Waals surface area contributed by atoms with Gasteiger partial charge in [0.2, 0.25) is 0 Å². The van der Waals surface area contributed by atoms with Crippen LogP contribution in [0.15, 0.2) is 18.2 Å². The van der Waals surface area contributed by atoms with Crippen molar-refractivity contribution in [1.82, 2.24) is 0 Å². The van der Waals surface area contributed by atoms with Crippen molar-refractivity contribution >= 4 is 0 Å². The maximum atomic E-state index is 13.3. The summed E-state index contributed by atoms with van der Waals surface area (Å²) < 4.78 is 18.7. The second kappa shape index (κ2) is 3.34. The summed E-state index contributed by atoms with van der Waals surface area (Å²) in [7, 11) is 0. The van der Waals surface area contributed by atoms with E-state index in [1.54, 1.807) is 12.1 Å². The van der Waals surface area contributed by atoms with Crippen LogP contribution < -0.4 is 10.5 Å². The van der Waals surface area contributed by atoms with Gasteiger partial charge in [-0.3, -0.25) is 0 Å². The van der Waals surface area contributed by atoms with Gasteiger partial charge in [-0.1, -0.05) is 6.07 Å². The van der Waals surface area contributed by atoms with E-state index in [2.05, 4.69) is 0 Å². The predicted octanol–water partition coefficient (Wildman–Crippen LogP) is 1.48. The summed E-state index contributed by atoms with van der Waals surface area (Å²) in [5, 5.41) is 0. The molecule has 2 rings (SSSR count). The second-order valence-corrected chi connectivity index (χ2v) is 3.32. The molecule has 0 radical (unpaired) electrons. The third kappa shape index (κ3) is 1.65. The Labute approximate surface area is 76.5 Å². The quantitative estimate of drug-likeness (QED) is 0.658. The standard InChI is InChI=1S/C10H12FNO/c11-9-2-1-3-10-8(9)6-7(12)4-5-13-10/h1-3,7H,4-6,12H2. The zero-order chi connectivity index (χ0) is 9.26. The van der Waals surface area contributed by atoms with E-state index in [4.69, 9.17) is 10.5 Å². The monoisotopic (exact) mass is 181 g/mol. The van der Waals surface area contributed by atoms with Crippen molar-refractivity contribution in [3.8, 4) is 5.75 Å². The van der Waals surface area contributed by atoms with Crippen LogP contribution in [0.3, 0.4) is 0 Å². The molecule has 0 fully saturated rings. The normalized spacial score (nSPS) is 21.5. The van der Waals surface area contributed by atoms with Crippen LogP contribution in [0.25, 0.3) is 0 Å². The van der Waals surface area contributed by atoms with Gasteiger partial charge in [-0.25, -0.2) is 4.39 Å². The zero-order valence-electron chi connectivity index (χ0n) is 7.29. The van der Waals surface area contributed by atoms with Crippen molar-refractivity contribution in [2.75, 3.05) is 6.61 Å². The molecule has 0 saturated heterocycles. The number of halogens is 1. The molecule has 1 aromatic carbocycles. The molecule has 1 aliphatic heterocycles. The zero-order valence-corrected chi connectivity index (χ0v) is 7.29. The van der Waals surface area contributed by atoms with Crippen LogP contribution in [0.4, 0.5) is 4.39 Å². The van der Waals surface area contributed by atoms with Gasteiger partial charge in [-0.15, -0.1) is 0 Å². The van der Waals surface area contributed by atoms with Crippen LogP contribution in [-0.2, 0) is 6.42 Å². The minimum atomic E-state index is -0.213. The van der Waals surface area contributed by atoms with Crippen LogP contribution in [0.1, 0.15) is 12.0 Å². The third-order valence-corrected chi connectivity index (χ3v) is 2.29. The molecule has 70 valence electrons. The van der Waals surface area contributed by atoms with Gasteiger partial charge in [0, 0.05) is 11.6 Å². The predicted molar refractivity (Wildman–Crippen MR) is 48.2 cm³/mol. The number of benzene rings is 1. The second-order valence-electron chi connectivity index (χ2n) is 3.32. The summed E-state index contributed by atoms with van der Waals surface area (Å²) in [5.41, 5.74) is 6.39. The van der Waals surface area contributed by atoms with Gasteiger partial charge < -0.3 is 10.5 Å². The van der Waals surface area contributed by atoms with E-state index in [1.807, 2.05) is 0 Å². The number of nitrogens with two attached hydrogens (primary N) is 1. The Balaban J connectivity index is 2.40. The Morgan fingerprint density at radius 2 is 2.31 bits per heavy atom. The van der Waals surface area contributed by atoms with Crippen LogP contribution in [0.5, 0.6) is 5.75 Å². The maximum Gasteiger partial charge on any atom is 0.130 e.